The molecule has 0 aliphatic heterocycles. The van der Waals surface area contributed by atoms with Gasteiger partial charge in [-0.1, -0.05) is 31.2 Å². The maximum absolute atomic E-state index is 14.4. The van der Waals surface area contributed by atoms with Crippen LogP contribution in [0.3, 0.4) is 0 Å². The fraction of sp³-hybridized carbons (Fsp3) is 0.316. The third-order valence-corrected chi connectivity index (χ3v) is 5.93. The average molecular weight is 407 g/mol. The fourth-order valence-electron chi connectivity index (χ4n) is 2.74. The van der Waals surface area contributed by atoms with E-state index in [1.54, 1.807) is 19.1 Å². The maximum atomic E-state index is 14.4. The number of nitrogens with zero attached hydrogens (tertiary/aromatic N) is 1. The van der Waals surface area contributed by atoms with Gasteiger partial charge in [-0.25, -0.2) is 14.2 Å². The number of esters is 1. The van der Waals surface area contributed by atoms with E-state index in [1.165, 1.54) is 35.2 Å². The summed E-state index contributed by atoms with van der Waals surface area (Å²) < 4.78 is 20.3. The molecule has 3 aromatic rings. The highest BCUT2D eigenvalue weighted by Crippen LogP contribution is 2.36. The molecule has 2 aromatic heterocycles. The Morgan fingerprint density at radius 3 is 2.93 bits per heavy atom. The summed E-state index contributed by atoms with van der Waals surface area (Å²) in [6.45, 7) is 3.99. The number of ether oxygens (including phenoxy) is 1. The van der Waals surface area contributed by atoms with Crippen molar-refractivity contribution in [2.24, 2.45) is 0 Å². The number of nitrogens with one attached hydrogen (secondary N) is 1. The highest BCUT2D eigenvalue weighted by Gasteiger charge is 2.22. The Balaban J connectivity index is 1.97. The number of hydrogen-bond acceptors (Lipinski definition) is 6. The molecule has 2 heterocycles. The molecule has 0 saturated carbocycles. The van der Waals surface area contributed by atoms with Crippen LogP contribution in [0.5, 0.6) is 0 Å². The molecule has 1 aromatic carbocycles. The van der Waals surface area contributed by atoms with E-state index in [1.807, 2.05) is 6.92 Å². The Kier molecular flexibility index (Phi) is 6.28. The number of aromatic amines is 1. The molecule has 27 heavy (non-hydrogen) atoms. The number of aromatic nitrogens is 2. The molecule has 0 fully saturated rings. The van der Waals surface area contributed by atoms with Crippen molar-refractivity contribution in [1.29, 1.82) is 0 Å². The quantitative estimate of drug-likeness (QED) is 0.354. The van der Waals surface area contributed by atoms with Gasteiger partial charge < -0.3 is 9.72 Å². The van der Waals surface area contributed by atoms with Gasteiger partial charge in [0.1, 0.15) is 10.7 Å². The molecule has 0 unspecified atom stereocenters. The zero-order valence-corrected chi connectivity index (χ0v) is 16.6. The third-order valence-electron chi connectivity index (χ3n) is 3.86. The maximum Gasteiger partial charge on any atom is 0.348 e. The van der Waals surface area contributed by atoms with Crippen LogP contribution < -0.4 is 5.56 Å². The first-order valence-electron chi connectivity index (χ1n) is 8.63. The zero-order valence-electron chi connectivity index (χ0n) is 15.0. The molecular weight excluding hydrogens is 387 g/mol. The zero-order chi connectivity index (χ0) is 19.4. The Labute approximate surface area is 164 Å². The van der Waals surface area contributed by atoms with Crippen LogP contribution in [-0.4, -0.2) is 22.5 Å². The molecule has 8 heteroatoms. The Hall–Kier alpha value is -2.19. The van der Waals surface area contributed by atoms with E-state index in [4.69, 9.17) is 4.74 Å². The lowest BCUT2D eigenvalue weighted by Crippen LogP contribution is -2.10. The van der Waals surface area contributed by atoms with Crippen molar-refractivity contribution < 1.29 is 13.9 Å². The first-order valence-corrected chi connectivity index (χ1v) is 10.4. The van der Waals surface area contributed by atoms with E-state index in [-0.39, 0.29) is 18.0 Å². The fourth-order valence-corrected chi connectivity index (χ4v) is 4.89. The second-order valence-corrected chi connectivity index (χ2v) is 7.84. The smallest absolute Gasteiger partial charge is 0.348 e. The molecule has 0 atom stereocenters. The molecule has 0 bridgehead atoms. The van der Waals surface area contributed by atoms with Crippen molar-refractivity contribution in [3.8, 4) is 0 Å². The van der Waals surface area contributed by atoms with Gasteiger partial charge in [-0.2, -0.15) is 0 Å². The first-order chi connectivity index (χ1) is 13.0. The molecule has 1 N–H and O–H groups in total. The number of thioether (sulfide) groups is 1. The predicted octanol–water partition coefficient (Wildman–Crippen LogP) is 4.55. The number of H-pyrrole nitrogens is 1. The molecule has 0 amide bonds. The summed E-state index contributed by atoms with van der Waals surface area (Å²) >= 11 is 2.49. The second-order valence-electron chi connectivity index (χ2n) is 5.82. The summed E-state index contributed by atoms with van der Waals surface area (Å²) in [5.74, 6) is -0.542. The van der Waals surface area contributed by atoms with Crippen molar-refractivity contribution >= 4 is 39.2 Å². The van der Waals surface area contributed by atoms with Crippen LogP contribution in [-0.2, 0) is 16.9 Å². The van der Waals surface area contributed by atoms with E-state index >= 15 is 0 Å². The monoisotopic (exact) mass is 406 g/mol. The van der Waals surface area contributed by atoms with Crippen molar-refractivity contribution in [3.63, 3.8) is 0 Å². The van der Waals surface area contributed by atoms with E-state index in [0.717, 1.165) is 12.1 Å². The average Bonchev–Trinajstić information content (AvgIpc) is 3.00. The number of thiophene rings is 1. The summed E-state index contributed by atoms with van der Waals surface area (Å²) in [4.78, 5) is 31.7. The molecule has 142 valence electrons. The van der Waals surface area contributed by atoms with E-state index in [9.17, 15) is 14.0 Å². The largest absolute Gasteiger partial charge is 0.462 e. The van der Waals surface area contributed by atoms with Gasteiger partial charge in [-0.15, -0.1) is 11.3 Å². The molecular formula is C19H19FN2O3S2. The van der Waals surface area contributed by atoms with Crippen LogP contribution in [0, 0.1) is 5.82 Å². The standard InChI is InChI=1S/C19H19FN2O3S2/c1-3-6-11-9-15(23)22-19(21-11)26-10-12-16-13(20)7-5-8-14(16)27-17(12)18(24)25-4-2/h5,7-9H,3-4,6,10H2,1-2H3,(H,21,22,23). The van der Waals surface area contributed by atoms with Crippen molar-refractivity contribution in [1.82, 2.24) is 9.97 Å². The van der Waals surface area contributed by atoms with Gasteiger partial charge in [0, 0.05) is 27.6 Å². The summed E-state index contributed by atoms with van der Waals surface area (Å²) in [7, 11) is 0. The first kappa shape index (κ1) is 19.6. The van der Waals surface area contributed by atoms with Crippen LogP contribution in [0.25, 0.3) is 10.1 Å². The second kappa shape index (κ2) is 8.67. The Bertz CT molecular complexity index is 1030. The lowest BCUT2D eigenvalue weighted by Gasteiger charge is -2.06. The minimum absolute atomic E-state index is 0.220. The number of fused-ring (bicyclic) bond motifs is 1. The van der Waals surface area contributed by atoms with Crippen LogP contribution >= 0.6 is 23.1 Å². The summed E-state index contributed by atoms with van der Waals surface area (Å²) in [5, 5.41) is 0.876. The van der Waals surface area contributed by atoms with Crippen LogP contribution in [0.1, 0.15) is 41.2 Å². The molecule has 5 nitrogen and oxygen atoms in total. The van der Waals surface area contributed by atoms with Gasteiger partial charge in [-0.05, 0) is 31.0 Å². The summed E-state index contributed by atoms with van der Waals surface area (Å²) in [5.41, 5.74) is 1.07. The van der Waals surface area contributed by atoms with Crippen molar-refractivity contribution in [3.05, 3.63) is 56.6 Å². The highest BCUT2D eigenvalue weighted by atomic mass is 32.2. The van der Waals surface area contributed by atoms with Gasteiger partial charge in [0.25, 0.3) is 5.56 Å². The topological polar surface area (TPSA) is 72.0 Å². The van der Waals surface area contributed by atoms with E-state index in [2.05, 4.69) is 9.97 Å². The number of carbonyl (C=O) groups excluding carboxylic acids is 1. The van der Waals surface area contributed by atoms with Crippen LogP contribution in [0.15, 0.2) is 34.2 Å². The SMILES string of the molecule is CCCc1cc(=O)[nH]c(SCc2c(C(=O)OCC)sc3cccc(F)c23)n1. The summed E-state index contributed by atoms with van der Waals surface area (Å²) in [6, 6.07) is 6.26. The molecule has 0 radical (unpaired) electrons. The van der Waals surface area contributed by atoms with Crippen LogP contribution in [0.4, 0.5) is 4.39 Å². The van der Waals surface area contributed by atoms with Gasteiger partial charge in [0.05, 0.1) is 6.61 Å². The van der Waals surface area contributed by atoms with E-state index in [0.29, 0.717) is 37.9 Å². The minimum Gasteiger partial charge on any atom is -0.462 e. The number of rotatable bonds is 7. The van der Waals surface area contributed by atoms with Gasteiger partial charge in [0.2, 0.25) is 0 Å². The lowest BCUT2D eigenvalue weighted by atomic mass is 10.1. The number of halogens is 1. The molecule has 3 rings (SSSR count). The van der Waals surface area contributed by atoms with Crippen LogP contribution in [0.2, 0.25) is 0 Å². The minimum atomic E-state index is -0.463. The molecule has 0 saturated heterocycles. The highest BCUT2D eigenvalue weighted by molar-refractivity contribution is 7.98. The number of aryl methyl sites for hydroxylation is 1. The van der Waals surface area contributed by atoms with E-state index < -0.39 is 5.97 Å². The summed E-state index contributed by atoms with van der Waals surface area (Å²) in [6.07, 6.45) is 1.59. The Morgan fingerprint density at radius 1 is 1.37 bits per heavy atom. The lowest BCUT2D eigenvalue weighted by molar-refractivity contribution is 0.0531. The third kappa shape index (κ3) is 4.39. The number of carbonyl (C=O) groups is 1. The molecule has 0 spiro atoms. The van der Waals surface area contributed by atoms with Crippen molar-refractivity contribution in [2.45, 2.75) is 37.6 Å². The van der Waals surface area contributed by atoms with Gasteiger partial charge in [0.15, 0.2) is 5.16 Å². The van der Waals surface area contributed by atoms with Gasteiger partial charge in [-0.3, -0.25) is 4.79 Å². The number of hydrogen-bond donors (Lipinski definition) is 1. The predicted molar refractivity (Wildman–Crippen MR) is 106 cm³/mol. The molecule has 0 aliphatic rings. The van der Waals surface area contributed by atoms with Gasteiger partial charge >= 0.3 is 5.97 Å². The number of benzene rings is 1. The van der Waals surface area contributed by atoms with Crippen molar-refractivity contribution in [2.75, 3.05) is 6.61 Å². The molecule has 0 aliphatic carbocycles. The normalized spacial score (nSPS) is 11.1. The Morgan fingerprint density at radius 2 is 2.19 bits per heavy atom.